The van der Waals surface area contributed by atoms with Gasteiger partial charge in [-0.1, -0.05) is 29.8 Å². The second-order valence-corrected chi connectivity index (χ2v) is 4.39. The molecule has 0 saturated carbocycles. The van der Waals surface area contributed by atoms with E-state index < -0.39 is 0 Å². The van der Waals surface area contributed by atoms with Crippen LogP contribution in [-0.2, 0) is 0 Å². The number of pyridine rings is 1. The first-order valence-corrected chi connectivity index (χ1v) is 5.83. The Labute approximate surface area is 104 Å². The van der Waals surface area contributed by atoms with Crippen molar-refractivity contribution in [1.29, 1.82) is 0 Å². The van der Waals surface area contributed by atoms with Gasteiger partial charge in [-0.3, -0.25) is 4.57 Å². The molecule has 1 aromatic carbocycles. The SMILES string of the molecule is Cc1ccc2ccn(-c3ccccn3)c2c1Cl. The molecule has 0 saturated heterocycles. The predicted molar refractivity (Wildman–Crippen MR) is 70.8 cm³/mol. The van der Waals surface area contributed by atoms with Gasteiger partial charge in [-0.15, -0.1) is 0 Å². The average Bonchev–Trinajstić information content (AvgIpc) is 2.79. The lowest BCUT2D eigenvalue weighted by molar-refractivity contribution is 1.04. The van der Waals surface area contributed by atoms with E-state index in [1.807, 2.05) is 42.0 Å². The van der Waals surface area contributed by atoms with Crippen molar-refractivity contribution in [2.24, 2.45) is 0 Å². The van der Waals surface area contributed by atoms with Gasteiger partial charge in [0, 0.05) is 17.8 Å². The summed E-state index contributed by atoms with van der Waals surface area (Å²) < 4.78 is 2.02. The first-order valence-electron chi connectivity index (χ1n) is 5.45. The van der Waals surface area contributed by atoms with Crippen molar-refractivity contribution in [3.8, 4) is 5.82 Å². The smallest absolute Gasteiger partial charge is 0.137 e. The van der Waals surface area contributed by atoms with Crippen LogP contribution < -0.4 is 0 Å². The lowest BCUT2D eigenvalue weighted by Crippen LogP contribution is -1.95. The van der Waals surface area contributed by atoms with Crippen LogP contribution in [0.4, 0.5) is 0 Å². The van der Waals surface area contributed by atoms with Crippen LogP contribution in [0.5, 0.6) is 0 Å². The van der Waals surface area contributed by atoms with Crippen LogP contribution in [0.1, 0.15) is 5.56 Å². The van der Waals surface area contributed by atoms with E-state index in [2.05, 4.69) is 17.1 Å². The summed E-state index contributed by atoms with van der Waals surface area (Å²) in [5.74, 6) is 0.884. The number of rotatable bonds is 1. The Kier molecular flexibility index (Phi) is 2.37. The second-order valence-electron chi connectivity index (χ2n) is 4.01. The molecule has 17 heavy (non-hydrogen) atoms. The van der Waals surface area contributed by atoms with E-state index in [0.29, 0.717) is 0 Å². The van der Waals surface area contributed by atoms with Gasteiger partial charge in [0.2, 0.25) is 0 Å². The molecular formula is C14H11ClN2. The van der Waals surface area contributed by atoms with Gasteiger partial charge >= 0.3 is 0 Å². The molecule has 0 aliphatic heterocycles. The quantitative estimate of drug-likeness (QED) is 0.631. The van der Waals surface area contributed by atoms with Crippen LogP contribution in [-0.4, -0.2) is 9.55 Å². The minimum Gasteiger partial charge on any atom is -0.300 e. The summed E-state index contributed by atoms with van der Waals surface area (Å²) in [4.78, 5) is 4.35. The summed E-state index contributed by atoms with van der Waals surface area (Å²) in [5, 5.41) is 1.92. The van der Waals surface area contributed by atoms with Gasteiger partial charge in [-0.25, -0.2) is 4.98 Å². The summed E-state index contributed by atoms with van der Waals surface area (Å²) in [5.41, 5.74) is 2.10. The van der Waals surface area contributed by atoms with Crippen LogP contribution in [0.2, 0.25) is 5.02 Å². The molecule has 2 heterocycles. The zero-order valence-corrected chi connectivity index (χ0v) is 10.1. The summed E-state index contributed by atoms with van der Waals surface area (Å²) >= 11 is 6.37. The number of halogens is 1. The van der Waals surface area contributed by atoms with Crippen LogP contribution in [0, 0.1) is 6.92 Å². The Balaban J connectivity index is 2.35. The standard InChI is InChI=1S/C14H11ClN2/c1-10-5-6-11-7-9-17(14(11)13(10)15)12-4-2-3-8-16-12/h2-9H,1H3. The van der Waals surface area contributed by atoms with E-state index >= 15 is 0 Å². The van der Waals surface area contributed by atoms with E-state index in [1.165, 1.54) is 0 Å². The van der Waals surface area contributed by atoms with Crippen molar-refractivity contribution >= 4 is 22.5 Å². The van der Waals surface area contributed by atoms with Gasteiger partial charge < -0.3 is 0 Å². The van der Waals surface area contributed by atoms with Crippen molar-refractivity contribution < 1.29 is 0 Å². The minimum absolute atomic E-state index is 0.790. The number of aryl methyl sites for hydroxylation is 1. The maximum Gasteiger partial charge on any atom is 0.137 e. The first kappa shape index (κ1) is 10.4. The Hall–Kier alpha value is -1.80. The largest absolute Gasteiger partial charge is 0.300 e. The molecule has 0 fully saturated rings. The first-order chi connectivity index (χ1) is 8.27. The summed E-state index contributed by atoms with van der Waals surface area (Å²) in [7, 11) is 0. The van der Waals surface area contributed by atoms with Gasteiger partial charge in [-0.2, -0.15) is 0 Å². The number of hydrogen-bond donors (Lipinski definition) is 0. The molecule has 3 heteroatoms. The van der Waals surface area contributed by atoms with Crippen LogP contribution in [0.15, 0.2) is 48.8 Å². The van der Waals surface area contributed by atoms with Crippen LogP contribution in [0.3, 0.4) is 0 Å². The minimum atomic E-state index is 0.790. The molecule has 3 aromatic rings. The lowest BCUT2D eigenvalue weighted by atomic mass is 10.2. The van der Waals surface area contributed by atoms with Crippen molar-refractivity contribution in [2.75, 3.05) is 0 Å². The third-order valence-electron chi connectivity index (χ3n) is 2.88. The zero-order chi connectivity index (χ0) is 11.8. The highest BCUT2D eigenvalue weighted by Crippen LogP contribution is 2.29. The van der Waals surface area contributed by atoms with Gasteiger partial charge in [0.25, 0.3) is 0 Å². The van der Waals surface area contributed by atoms with Crippen LogP contribution in [0.25, 0.3) is 16.7 Å². The number of benzene rings is 1. The lowest BCUT2D eigenvalue weighted by Gasteiger charge is -2.06. The molecule has 0 amide bonds. The third kappa shape index (κ3) is 1.61. The summed E-state index contributed by atoms with van der Waals surface area (Å²) in [6, 6.07) is 12.0. The van der Waals surface area contributed by atoms with Gasteiger partial charge in [0.1, 0.15) is 5.82 Å². The molecule has 0 unspecified atom stereocenters. The maximum atomic E-state index is 6.37. The predicted octanol–water partition coefficient (Wildman–Crippen LogP) is 3.99. The van der Waals surface area contributed by atoms with Crippen molar-refractivity contribution in [3.05, 3.63) is 59.4 Å². The Bertz CT molecular complexity index is 671. The molecule has 3 rings (SSSR count). The molecule has 0 spiro atoms. The fourth-order valence-electron chi connectivity index (χ4n) is 1.98. The van der Waals surface area contributed by atoms with Gasteiger partial charge in [0.05, 0.1) is 10.5 Å². The van der Waals surface area contributed by atoms with Crippen molar-refractivity contribution in [2.45, 2.75) is 6.92 Å². The molecule has 84 valence electrons. The molecule has 0 N–H and O–H groups in total. The van der Waals surface area contributed by atoms with E-state index in [1.54, 1.807) is 6.20 Å². The fraction of sp³-hybridized carbons (Fsp3) is 0.0714. The molecule has 2 aromatic heterocycles. The Morgan fingerprint density at radius 3 is 2.76 bits per heavy atom. The van der Waals surface area contributed by atoms with Gasteiger partial charge in [0.15, 0.2) is 0 Å². The van der Waals surface area contributed by atoms with Crippen LogP contribution >= 0.6 is 11.6 Å². The summed E-state index contributed by atoms with van der Waals surface area (Å²) in [6.07, 6.45) is 3.78. The molecule has 0 bridgehead atoms. The summed E-state index contributed by atoms with van der Waals surface area (Å²) in [6.45, 7) is 2.01. The Morgan fingerprint density at radius 1 is 1.12 bits per heavy atom. The van der Waals surface area contributed by atoms with Gasteiger partial charge in [-0.05, 0) is 30.7 Å². The fourth-order valence-corrected chi connectivity index (χ4v) is 2.24. The maximum absolute atomic E-state index is 6.37. The normalized spacial score (nSPS) is 10.9. The van der Waals surface area contributed by atoms with Crippen molar-refractivity contribution in [3.63, 3.8) is 0 Å². The highest BCUT2D eigenvalue weighted by atomic mass is 35.5. The molecule has 2 nitrogen and oxygen atoms in total. The van der Waals surface area contributed by atoms with E-state index in [9.17, 15) is 0 Å². The number of aromatic nitrogens is 2. The van der Waals surface area contributed by atoms with E-state index in [0.717, 1.165) is 27.3 Å². The molecule has 0 aliphatic rings. The Morgan fingerprint density at radius 2 is 2.00 bits per heavy atom. The van der Waals surface area contributed by atoms with E-state index in [-0.39, 0.29) is 0 Å². The zero-order valence-electron chi connectivity index (χ0n) is 9.39. The number of nitrogens with zero attached hydrogens (tertiary/aromatic N) is 2. The van der Waals surface area contributed by atoms with Crippen molar-refractivity contribution in [1.82, 2.24) is 9.55 Å². The third-order valence-corrected chi connectivity index (χ3v) is 3.36. The highest BCUT2D eigenvalue weighted by molar-refractivity contribution is 6.36. The molecular weight excluding hydrogens is 232 g/mol. The molecule has 0 radical (unpaired) electrons. The number of hydrogen-bond acceptors (Lipinski definition) is 1. The topological polar surface area (TPSA) is 17.8 Å². The second kappa shape index (κ2) is 3.90. The highest BCUT2D eigenvalue weighted by Gasteiger charge is 2.09. The number of fused-ring (bicyclic) bond motifs is 1. The van der Waals surface area contributed by atoms with E-state index in [4.69, 9.17) is 11.6 Å². The monoisotopic (exact) mass is 242 g/mol. The molecule has 0 aliphatic carbocycles. The average molecular weight is 243 g/mol. The molecule has 0 atom stereocenters.